The van der Waals surface area contributed by atoms with Gasteiger partial charge < -0.3 is 10.2 Å². The molecular weight excluding hydrogens is 180 g/mol. The van der Waals surface area contributed by atoms with Gasteiger partial charge in [0.05, 0.1) is 11.3 Å². The first-order chi connectivity index (χ1) is 6.74. The van der Waals surface area contributed by atoms with Crippen LogP contribution in [-0.4, -0.2) is 24.3 Å². The van der Waals surface area contributed by atoms with Crippen LogP contribution >= 0.6 is 0 Å². The van der Waals surface area contributed by atoms with Gasteiger partial charge in [-0.15, -0.1) is 0 Å². The SMILES string of the molecule is CN1Cc2cccc(NC=O)c2C1=O. The van der Waals surface area contributed by atoms with Crippen molar-refractivity contribution in [3.05, 3.63) is 29.3 Å². The molecule has 0 bridgehead atoms. The molecule has 0 saturated carbocycles. The van der Waals surface area contributed by atoms with Crippen molar-refractivity contribution >= 4 is 18.0 Å². The van der Waals surface area contributed by atoms with Crippen molar-refractivity contribution < 1.29 is 9.59 Å². The van der Waals surface area contributed by atoms with Crippen molar-refractivity contribution in [2.75, 3.05) is 12.4 Å². The third-order valence-electron chi connectivity index (χ3n) is 2.33. The molecule has 1 aliphatic rings. The number of nitrogens with one attached hydrogen (secondary N) is 1. The van der Waals surface area contributed by atoms with Crippen molar-refractivity contribution in [1.82, 2.24) is 4.90 Å². The lowest BCUT2D eigenvalue weighted by atomic mass is 10.1. The van der Waals surface area contributed by atoms with Crippen molar-refractivity contribution in [1.29, 1.82) is 0 Å². The number of carbonyl (C=O) groups excluding carboxylic acids is 2. The number of amides is 2. The third-order valence-corrected chi connectivity index (χ3v) is 2.33. The largest absolute Gasteiger partial charge is 0.337 e. The number of benzene rings is 1. The maximum absolute atomic E-state index is 11.7. The highest BCUT2D eigenvalue weighted by Gasteiger charge is 2.26. The van der Waals surface area contributed by atoms with Gasteiger partial charge in [-0.05, 0) is 11.6 Å². The van der Waals surface area contributed by atoms with Gasteiger partial charge in [0.15, 0.2) is 0 Å². The summed E-state index contributed by atoms with van der Waals surface area (Å²) in [5.74, 6) is -0.0371. The van der Waals surface area contributed by atoms with Crippen LogP contribution in [0.25, 0.3) is 0 Å². The summed E-state index contributed by atoms with van der Waals surface area (Å²) in [7, 11) is 1.74. The van der Waals surface area contributed by atoms with E-state index in [1.807, 2.05) is 12.1 Å². The second-order valence-electron chi connectivity index (χ2n) is 3.26. The molecule has 2 rings (SSSR count). The summed E-state index contributed by atoms with van der Waals surface area (Å²) >= 11 is 0. The number of rotatable bonds is 2. The molecule has 1 N–H and O–H groups in total. The normalized spacial score (nSPS) is 14.1. The van der Waals surface area contributed by atoms with Gasteiger partial charge in [0.1, 0.15) is 0 Å². The number of hydrogen-bond acceptors (Lipinski definition) is 2. The van der Waals surface area contributed by atoms with Crippen molar-refractivity contribution in [2.24, 2.45) is 0 Å². The average Bonchev–Trinajstić information content (AvgIpc) is 2.45. The molecule has 4 heteroatoms. The van der Waals surface area contributed by atoms with Crippen molar-refractivity contribution in [2.45, 2.75) is 6.54 Å². The van der Waals surface area contributed by atoms with E-state index < -0.39 is 0 Å². The van der Waals surface area contributed by atoms with E-state index in [-0.39, 0.29) is 5.91 Å². The first-order valence-corrected chi connectivity index (χ1v) is 4.31. The Hall–Kier alpha value is -1.84. The summed E-state index contributed by atoms with van der Waals surface area (Å²) < 4.78 is 0. The maximum atomic E-state index is 11.7. The zero-order valence-electron chi connectivity index (χ0n) is 7.78. The second-order valence-corrected chi connectivity index (χ2v) is 3.26. The minimum absolute atomic E-state index is 0.0371. The number of anilines is 1. The fourth-order valence-electron chi connectivity index (χ4n) is 1.69. The summed E-state index contributed by atoms with van der Waals surface area (Å²) in [6, 6.07) is 5.45. The molecule has 1 aliphatic heterocycles. The van der Waals surface area contributed by atoms with E-state index in [9.17, 15) is 9.59 Å². The Bertz CT molecular complexity index is 401. The van der Waals surface area contributed by atoms with Crippen LogP contribution in [0, 0.1) is 0 Å². The van der Waals surface area contributed by atoms with E-state index in [2.05, 4.69) is 5.32 Å². The van der Waals surface area contributed by atoms with Crippen molar-refractivity contribution in [3.8, 4) is 0 Å². The van der Waals surface area contributed by atoms with Gasteiger partial charge in [-0.3, -0.25) is 9.59 Å². The van der Waals surface area contributed by atoms with E-state index in [1.54, 1.807) is 18.0 Å². The first kappa shape index (κ1) is 8.74. The number of nitrogens with zero attached hydrogens (tertiary/aromatic N) is 1. The van der Waals surface area contributed by atoms with E-state index in [4.69, 9.17) is 0 Å². The molecular formula is C10H10N2O2. The molecule has 0 fully saturated rings. The Morgan fingerprint density at radius 2 is 2.29 bits per heavy atom. The molecule has 0 aromatic heterocycles. The summed E-state index contributed by atoms with van der Waals surface area (Å²) in [6.07, 6.45) is 0.585. The fourth-order valence-corrected chi connectivity index (χ4v) is 1.69. The zero-order valence-corrected chi connectivity index (χ0v) is 7.78. The molecule has 0 saturated heterocycles. The molecule has 1 heterocycles. The molecule has 0 spiro atoms. The second kappa shape index (κ2) is 3.14. The van der Waals surface area contributed by atoms with Gasteiger partial charge >= 0.3 is 0 Å². The van der Waals surface area contributed by atoms with E-state index in [1.165, 1.54) is 0 Å². The monoisotopic (exact) mass is 190 g/mol. The van der Waals surface area contributed by atoms with E-state index in [0.717, 1.165) is 5.56 Å². The lowest BCUT2D eigenvalue weighted by Gasteiger charge is -2.06. The van der Waals surface area contributed by atoms with Gasteiger partial charge in [0, 0.05) is 13.6 Å². The molecule has 72 valence electrons. The summed E-state index contributed by atoms with van der Waals surface area (Å²) in [5, 5.41) is 2.53. The van der Waals surface area contributed by atoms with Crippen LogP contribution in [0.5, 0.6) is 0 Å². The molecule has 0 radical (unpaired) electrons. The number of carbonyl (C=O) groups is 2. The van der Waals surface area contributed by atoms with Gasteiger partial charge in [0.25, 0.3) is 5.91 Å². The topological polar surface area (TPSA) is 49.4 Å². The quantitative estimate of drug-likeness (QED) is 0.702. The van der Waals surface area contributed by atoms with Crippen LogP contribution in [-0.2, 0) is 11.3 Å². The standard InChI is InChI=1S/C10H10N2O2/c1-12-5-7-3-2-4-8(11-6-13)9(7)10(12)14/h2-4,6H,5H2,1H3,(H,11,13). The van der Waals surface area contributed by atoms with Crippen LogP contribution in [0.15, 0.2) is 18.2 Å². The lowest BCUT2D eigenvalue weighted by molar-refractivity contribution is -0.105. The molecule has 4 nitrogen and oxygen atoms in total. The molecule has 2 amide bonds. The minimum atomic E-state index is -0.0371. The molecule has 0 unspecified atom stereocenters. The molecule has 0 aliphatic carbocycles. The summed E-state index contributed by atoms with van der Waals surface area (Å²) in [6.45, 7) is 0.614. The lowest BCUT2D eigenvalue weighted by Crippen LogP contribution is -2.18. The molecule has 14 heavy (non-hydrogen) atoms. The van der Waals surface area contributed by atoms with Gasteiger partial charge in [-0.2, -0.15) is 0 Å². The minimum Gasteiger partial charge on any atom is -0.337 e. The highest BCUT2D eigenvalue weighted by atomic mass is 16.2. The Labute approximate surface area is 81.5 Å². The van der Waals surface area contributed by atoms with Crippen LogP contribution in [0.2, 0.25) is 0 Å². The summed E-state index contributed by atoms with van der Waals surface area (Å²) in [4.78, 5) is 23.6. The van der Waals surface area contributed by atoms with Crippen LogP contribution in [0.1, 0.15) is 15.9 Å². The van der Waals surface area contributed by atoms with Crippen LogP contribution < -0.4 is 5.32 Å². The Morgan fingerprint density at radius 1 is 1.50 bits per heavy atom. The van der Waals surface area contributed by atoms with E-state index >= 15 is 0 Å². The predicted octanol–water partition coefficient (Wildman–Crippen LogP) is 0.841. The van der Waals surface area contributed by atoms with Gasteiger partial charge in [0.2, 0.25) is 6.41 Å². The third kappa shape index (κ3) is 1.16. The Balaban J connectivity index is 2.52. The first-order valence-electron chi connectivity index (χ1n) is 4.31. The molecule has 1 aromatic rings. The average molecular weight is 190 g/mol. The van der Waals surface area contributed by atoms with Crippen molar-refractivity contribution in [3.63, 3.8) is 0 Å². The zero-order chi connectivity index (χ0) is 10.1. The summed E-state index contributed by atoms with van der Waals surface area (Å²) in [5.41, 5.74) is 2.17. The highest BCUT2D eigenvalue weighted by molar-refractivity contribution is 6.04. The number of fused-ring (bicyclic) bond motifs is 1. The highest BCUT2D eigenvalue weighted by Crippen LogP contribution is 2.27. The molecule has 0 atom stereocenters. The fraction of sp³-hybridized carbons (Fsp3) is 0.200. The predicted molar refractivity (Wildman–Crippen MR) is 51.9 cm³/mol. The van der Waals surface area contributed by atoms with Crippen LogP contribution in [0.3, 0.4) is 0 Å². The molecule has 1 aromatic carbocycles. The Morgan fingerprint density at radius 3 is 3.00 bits per heavy atom. The maximum Gasteiger partial charge on any atom is 0.256 e. The van der Waals surface area contributed by atoms with Gasteiger partial charge in [-0.1, -0.05) is 12.1 Å². The van der Waals surface area contributed by atoms with Crippen LogP contribution in [0.4, 0.5) is 5.69 Å². The Kier molecular flexibility index (Phi) is 1.96. The van der Waals surface area contributed by atoms with Gasteiger partial charge in [-0.25, -0.2) is 0 Å². The van der Waals surface area contributed by atoms with E-state index in [0.29, 0.717) is 24.2 Å². The number of hydrogen-bond donors (Lipinski definition) is 1. The smallest absolute Gasteiger partial charge is 0.256 e.